The maximum atomic E-state index is 12.5. The summed E-state index contributed by atoms with van der Waals surface area (Å²) in [4.78, 5) is 59.5. The summed E-state index contributed by atoms with van der Waals surface area (Å²) < 4.78 is 32.0. The molecule has 238 valence electrons. The van der Waals surface area contributed by atoms with Crippen molar-refractivity contribution < 1.29 is 57.5 Å². The van der Waals surface area contributed by atoms with E-state index in [0.717, 1.165) is 18.2 Å². The van der Waals surface area contributed by atoms with Gasteiger partial charge >= 0.3 is 29.8 Å². The van der Waals surface area contributed by atoms with Crippen molar-refractivity contribution in [1.82, 2.24) is 0 Å². The van der Waals surface area contributed by atoms with Gasteiger partial charge in [-0.1, -0.05) is 33.6 Å². The van der Waals surface area contributed by atoms with E-state index in [2.05, 4.69) is 19.7 Å². The van der Waals surface area contributed by atoms with Gasteiger partial charge in [-0.05, 0) is 12.8 Å². The van der Waals surface area contributed by atoms with Crippen molar-refractivity contribution in [2.24, 2.45) is 10.8 Å². The number of carbonyl (C=O) groups excluding carboxylic acids is 5. The number of esters is 5. The minimum absolute atomic E-state index is 0.0155. The van der Waals surface area contributed by atoms with E-state index >= 15 is 0 Å². The van der Waals surface area contributed by atoms with Gasteiger partial charge in [0.05, 0.1) is 43.5 Å². The van der Waals surface area contributed by atoms with Gasteiger partial charge in [-0.2, -0.15) is 11.8 Å². The maximum absolute atomic E-state index is 12.5. The van der Waals surface area contributed by atoms with E-state index in [1.165, 1.54) is 11.8 Å². The van der Waals surface area contributed by atoms with Crippen LogP contribution in [0.3, 0.4) is 0 Å². The van der Waals surface area contributed by atoms with Crippen LogP contribution in [0.4, 0.5) is 0 Å². The van der Waals surface area contributed by atoms with Crippen molar-refractivity contribution in [3.05, 3.63) is 38.0 Å². The largest absolute Gasteiger partial charge is 0.465 e. The van der Waals surface area contributed by atoms with Gasteiger partial charge < -0.3 is 33.5 Å². The van der Waals surface area contributed by atoms with E-state index < -0.39 is 40.7 Å². The first-order chi connectivity index (χ1) is 20.0. The predicted octanol–water partition coefficient (Wildman–Crippen LogP) is 2.58. The monoisotopic (exact) mass is 616 g/mol. The van der Waals surface area contributed by atoms with Gasteiger partial charge in [0.15, 0.2) is 0 Å². The van der Waals surface area contributed by atoms with Crippen molar-refractivity contribution in [3.8, 4) is 0 Å². The second-order valence-corrected chi connectivity index (χ2v) is 10.6. The van der Waals surface area contributed by atoms with Gasteiger partial charge in [0, 0.05) is 29.7 Å². The number of aliphatic hydroxyl groups is 1. The standard InChI is InChI=1S/C29H44O12S/c1-6-23(31)37-18-28(9-4,19-41-27(35)12-15-42-16-13-30)17-36-14-11-26(34)40-22-29(10-5,20-38-24(32)7-2)21-39-25(33)8-3/h6-8,30H,1-3,9-22H2,4-5H3. The molecule has 0 aromatic rings. The minimum atomic E-state index is -0.985. The van der Waals surface area contributed by atoms with Crippen LogP contribution in [0.5, 0.6) is 0 Å². The van der Waals surface area contributed by atoms with E-state index in [4.69, 9.17) is 33.5 Å². The van der Waals surface area contributed by atoms with E-state index in [1.807, 2.05) is 6.92 Å². The Labute approximate surface area is 251 Å². The Morgan fingerprint density at radius 3 is 1.45 bits per heavy atom. The molecule has 1 atom stereocenters. The van der Waals surface area contributed by atoms with E-state index in [1.54, 1.807) is 6.92 Å². The van der Waals surface area contributed by atoms with Gasteiger partial charge in [-0.3, -0.25) is 9.59 Å². The molecule has 42 heavy (non-hydrogen) atoms. The van der Waals surface area contributed by atoms with Crippen molar-refractivity contribution in [1.29, 1.82) is 0 Å². The first-order valence-corrected chi connectivity index (χ1v) is 14.7. The molecule has 0 aliphatic carbocycles. The van der Waals surface area contributed by atoms with Crippen molar-refractivity contribution in [3.63, 3.8) is 0 Å². The highest BCUT2D eigenvalue weighted by Crippen LogP contribution is 2.26. The quantitative estimate of drug-likeness (QED) is 0.0690. The van der Waals surface area contributed by atoms with Crippen LogP contribution in [-0.2, 0) is 52.4 Å². The third-order valence-electron chi connectivity index (χ3n) is 6.19. The summed E-state index contributed by atoms with van der Waals surface area (Å²) >= 11 is 1.42. The van der Waals surface area contributed by atoms with E-state index in [-0.39, 0.29) is 65.7 Å². The zero-order valence-corrected chi connectivity index (χ0v) is 25.4. The molecule has 0 radical (unpaired) electrons. The van der Waals surface area contributed by atoms with Gasteiger partial charge in [0.2, 0.25) is 0 Å². The zero-order chi connectivity index (χ0) is 31.9. The summed E-state index contributed by atoms with van der Waals surface area (Å²) in [7, 11) is 0. The third kappa shape index (κ3) is 16.9. The number of ether oxygens (including phenoxy) is 6. The lowest BCUT2D eigenvalue weighted by Crippen LogP contribution is -2.39. The minimum Gasteiger partial charge on any atom is -0.465 e. The molecule has 12 nitrogen and oxygen atoms in total. The number of hydrogen-bond acceptors (Lipinski definition) is 13. The molecule has 0 fully saturated rings. The fraction of sp³-hybridized carbons (Fsp3) is 0.621. The van der Waals surface area contributed by atoms with Crippen LogP contribution in [0.25, 0.3) is 0 Å². The molecule has 0 bridgehead atoms. The Morgan fingerprint density at radius 1 is 0.643 bits per heavy atom. The molecule has 0 aliphatic heterocycles. The molecule has 0 amide bonds. The highest BCUT2D eigenvalue weighted by atomic mass is 32.2. The van der Waals surface area contributed by atoms with E-state index in [0.29, 0.717) is 24.3 Å². The SMILES string of the molecule is C=CC(=O)OCC(CC)(COCCC(=O)OCC(CC)(COC(=O)C=C)COC(=O)C=C)COC(=O)CCSCCO. The fourth-order valence-electron chi connectivity index (χ4n) is 3.09. The lowest BCUT2D eigenvalue weighted by molar-refractivity contribution is -0.159. The molecule has 0 rings (SSSR count). The molecule has 1 N–H and O–H groups in total. The van der Waals surface area contributed by atoms with Crippen LogP contribution >= 0.6 is 11.8 Å². The van der Waals surface area contributed by atoms with Crippen LogP contribution in [-0.4, -0.2) is 99.3 Å². The summed E-state index contributed by atoms with van der Waals surface area (Å²) in [5, 5.41) is 8.84. The summed E-state index contributed by atoms with van der Waals surface area (Å²) in [6, 6.07) is 0. The van der Waals surface area contributed by atoms with Crippen LogP contribution in [0.2, 0.25) is 0 Å². The van der Waals surface area contributed by atoms with Gasteiger partial charge in [0.1, 0.15) is 33.0 Å². The zero-order valence-electron chi connectivity index (χ0n) is 24.6. The smallest absolute Gasteiger partial charge is 0.330 e. The third-order valence-corrected chi connectivity index (χ3v) is 7.15. The van der Waals surface area contributed by atoms with Crippen molar-refractivity contribution >= 4 is 41.6 Å². The average molecular weight is 617 g/mol. The Hall–Kier alpha value is -3.16. The first kappa shape index (κ1) is 38.8. The molecule has 0 saturated carbocycles. The fourth-order valence-corrected chi connectivity index (χ4v) is 3.73. The molecular formula is C29H44O12S. The van der Waals surface area contributed by atoms with E-state index in [9.17, 15) is 24.0 Å². The maximum Gasteiger partial charge on any atom is 0.330 e. The molecule has 0 saturated heterocycles. The number of thioether (sulfide) groups is 1. The Kier molecular flexibility index (Phi) is 20.8. The summed E-state index contributed by atoms with van der Waals surface area (Å²) in [5.41, 5.74) is -1.85. The normalized spacial score (nSPS) is 12.3. The van der Waals surface area contributed by atoms with Crippen LogP contribution < -0.4 is 0 Å². The molecule has 0 heterocycles. The van der Waals surface area contributed by atoms with Crippen LogP contribution in [0.15, 0.2) is 38.0 Å². The topological polar surface area (TPSA) is 161 Å². The molecule has 13 heteroatoms. The molecule has 0 aromatic carbocycles. The molecule has 1 unspecified atom stereocenters. The van der Waals surface area contributed by atoms with Crippen LogP contribution in [0, 0.1) is 10.8 Å². The Morgan fingerprint density at radius 2 is 1.05 bits per heavy atom. The van der Waals surface area contributed by atoms with Crippen molar-refractivity contribution in [2.75, 3.05) is 64.4 Å². The number of aliphatic hydroxyl groups excluding tert-OH is 1. The van der Waals surface area contributed by atoms with Crippen molar-refractivity contribution in [2.45, 2.75) is 39.5 Å². The van der Waals surface area contributed by atoms with Crippen LogP contribution in [0.1, 0.15) is 39.5 Å². The summed E-state index contributed by atoms with van der Waals surface area (Å²) in [6.07, 6.45) is 3.82. The highest BCUT2D eigenvalue weighted by molar-refractivity contribution is 7.99. The number of hydrogen-bond donors (Lipinski definition) is 1. The molecule has 0 aromatic heterocycles. The second-order valence-electron chi connectivity index (χ2n) is 9.35. The molecule has 0 spiro atoms. The summed E-state index contributed by atoms with van der Waals surface area (Å²) in [5.74, 6) is -2.02. The van der Waals surface area contributed by atoms with Gasteiger partial charge in [-0.25, -0.2) is 14.4 Å². The molecule has 0 aliphatic rings. The predicted molar refractivity (Wildman–Crippen MR) is 155 cm³/mol. The lowest BCUT2D eigenvalue weighted by atomic mass is 9.88. The lowest BCUT2D eigenvalue weighted by Gasteiger charge is -2.31. The first-order valence-electron chi connectivity index (χ1n) is 13.5. The van der Waals surface area contributed by atoms with Gasteiger partial charge in [-0.15, -0.1) is 0 Å². The molecular weight excluding hydrogens is 572 g/mol. The van der Waals surface area contributed by atoms with Gasteiger partial charge in [0.25, 0.3) is 0 Å². The number of carbonyl (C=O) groups is 5. The Balaban J connectivity index is 5.08. The number of rotatable bonds is 25. The average Bonchev–Trinajstić information content (AvgIpc) is 3.01. The second kappa shape index (κ2) is 22.4. The highest BCUT2D eigenvalue weighted by Gasteiger charge is 2.35. The Bertz CT molecular complexity index is 879. The summed E-state index contributed by atoms with van der Waals surface area (Å²) in [6.45, 7) is 12.9.